The van der Waals surface area contributed by atoms with Crippen molar-refractivity contribution in [2.75, 3.05) is 20.1 Å². The summed E-state index contributed by atoms with van der Waals surface area (Å²) in [5, 5.41) is 2.91. The average molecular weight is 402 g/mol. The smallest absolute Gasteiger partial charge is 0.194 e. The Labute approximate surface area is 165 Å². The number of rotatable bonds is 2. The van der Waals surface area contributed by atoms with Crippen LogP contribution in [0.15, 0.2) is 58.2 Å². The monoisotopic (exact) mass is 402 g/mol. The third kappa shape index (κ3) is 3.51. The first-order chi connectivity index (χ1) is 13.8. The largest absolute Gasteiger partial charge is 0.370 e. The molecule has 2 heterocycles. The third-order valence-electron chi connectivity index (χ3n) is 4.97. The minimum Gasteiger partial charge on any atom is -0.370 e. The fourth-order valence-electron chi connectivity index (χ4n) is 3.71. The topological polar surface area (TPSA) is 53.6 Å². The van der Waals surface area contributed by atoms with Gasteiger partial charge in [0.2, 0.25) is 0 Å². The standard InChI is InChI=1S/C21H18F4N4/c1-29-9-11(8-12-14(22)4-2-5-15(12)23)19-13(10-29)20(28-21(26)27-19)18-16(24)6-3-7-17(18)25/h2-8,20H,9-10H2,1H3,(H3,26,27,28)/b11-8+. The molecule has 0 bridgehead atoms. The zero-order valence-electron chi connectivity index (χ0n) is 15.5. The molecule has 4 rings (SSSR count). The second kappa shape index (κ2) is 7.36. The molecule has 2 aliphatic heterocycles. The van der Waals surface area contributed by atoms with E-state index < -0.39 is 29.3 Å². The predicted molar refractivity (Wildman–Crippen MR) is 103 cm³/mol. The number of hydrogen-bond acceptors (Lipinski definition) is 4. The van der Waals surface area contributed by atoms with Crippen LogP contribution < -0.4 is 11.1 Å². The lowest BCUT2D eigenvalue weighted by Gasteiger charge is -2.36. The van der Waals surface area contributed by atoms with Gasteiger partial charge in [-0.25, -0.2) is 22.6 Å². The van der Waals surface area contributed by atoms with E-state index in [2.05, 4.69) is 10.3 Å². The van der Waals surface area contributed by atoms with Crippen LogP contribution in [0.25, 0.3) is 6.08 Å². The molecule has 2 aromatic carbocycles. The number of halogens is 4. The van der Waals surface area contributed by atoms with E-state index in [1.807, 2.05) is 4.90 Å². The first-order valence-corrected chi connectivity index (χ1v) is 8.96. The van der Waals surface area contributed by atoms with Gasteiger partial charge >= 0.3 is 0 Å². The molecule has 3 N–H and O–H groups in total. The van der Waals surface area contributed by atoms with E-state index in [1.165, 1.54) is 30.3 Å². The molecule has 1 unspecified atom stereocenters. The van der Waals surface area contributed by atoms with Crippen molar-refractivity contribution in [1.29, 1.82) is 0 Å². The number of nitrogens with one attached hydrogen (secondary N) is 1. The first kappa shape index (κ1) is 19.2. The molecule has 0 fully saturated rings. The van der Waals surface area contributed by atoms with Gasteiger partial charge < -0.3 is 11.1 Å². The molecule has 4 nitrogen and oxygen atoms in total. The molecular formula is C21H18F4N4. The molecule has 0 radical (unpaired) electrons. The highest BCUT2D eigenvalue weighted by Crippen LogP contribution is 2.38. The minimum atomic E-state index is -0.982. The van der Waals surface area contributed by atoms with E-state index >= 15 is 0 Å². The Morgan fingerprint density at radius 1 is 1.00 bits per heavy atom. The van der Waals surface area contributed by atoms with Crippen molar-refractivity contribution in [2.24, 2.45) is 10.7 Å². The lowest BCUT2D eigenvalue weighted by molar-refractivity contribution is 0.366. The Kier molecular flexibility index (Phi) is 4.87. The van der Waals surface area contributed by atoms with Gasteiger partial charge in [-0.05, 0) is 48.5 Å². The summed E-state index contributed by atoms with van der Waals surface area (Å²) in [6, 6.07) is 6.22. The van der Waals surface area contributed by atoms with E-state index in [1.54, 1.807) is 7.05 Å². The van der Waals surface area contributed by atoms with Crippen LogP contribution >= 0.6 is 0 Å². The maximum Gasteiger partial charge on any atom is 0.194 e. The molecule has 150 valence electrons. The highest BCUT2D eigenvalue weighted by molar-refractivity contribution is 5.84. The zero-order valence-corrected chi connectivity index (χ0v) is 15.5. The fourth-order valence-corrected chi connectivity index (χ4v) is 3.71. The number of benzene rings is 2. The van der Waals surface area contributed by atoms with Gasteiger partial charge in [-0.2, -0.15) is 0 Å². The van der Waals surface area contributed by atoms with E-state index in [0.717, 1.165) is 12.1 Å². The number of nitrogens with zero attached hydrogens (tertiary/aromatic N) is 2. The van der Waals surface area contributed by atoms with Gasteiger partial charge in [0.05, 0.1) is 5.56 Å². The van der Waals surface area contributed by atoms with E-state index in [4.69, 9.17) is 5.73 Å². The van der Waals surface area contributed by atoms with Crippen molar-refractivity contribution >= 4 is 12.0 Å². The highest BCUT2D eigenvalue weighted by atomic mass is 19.1. The number of nitrogens with two attached hydrogens (primary N) is 1. The molecule has 0 saturated carbocycles. The molecule has 2 aromatic rings. The van der Waals surface area contributed by atoms with Crippen molar-refractivity contribution in [2.45, 2.75) is 6.04 Å². The summed E-state index contributed by atoms with van der Waals surface area (Å²) in [6.07, 6.45) is 1.38. The van der Waals surface area contributed by atoms with Gasteiger partial charge in [0.15, 0.2) is 5.96 Å². The molecular weight excluding hydrogens is 384 g/mol. The van der Waals surface area contributed by atoms with Crippen LogP contribution in [0.4, 0.5) is 17.6 Å². The van der Waals surface area contributed by atoms with Gasteiger partial charge in [-0.15, -0.1) is 0 Å². The zero-order chi connectivity index (χ0) is 20.7. The Morgan fingerprint density at radius 3 is 2.21 bits per heavy atom. The van der Waals surface area contributed by atoms with Crippen LogP contribution in [0, 0.1) is 23.3 Å². The van der Waals surface area contributed by atoms with Crippen molar-refractivity contribution in [3.8, 4) is 0 Å². The van der Waals surface area contributed by atoms with Crippen LogP contribution in [0.2, 0.25) is 0 Å². The van der Waals surface area contributed by atoms with Crippen LogP contribution in [-0.4, -0.2) is 31.0 Å². The van der Waals surface area contributed by atoms with Crippen LogP contribution in [0.5, 0.6) is 0 Å². The van der Waals surface area contributed by atoms with Crippen LogP contribution in [0.1, 0.15) is 17.2 Å². The molecule has 0 aromatic heterocycles. The summed E-state index contributed by atoms with van der Waals surface area (Å²) in [5.74, 6) is -2.91. The normalized spacial score (nSPS) is 21.1. The van der Waals surface area contributed by atoms with Gasteiger partial charge in [0.1, 0.15) is 29.3 Å². The van der Waals surface area contributed by atoms with Gasteiger partial charge in [-0.3, -0.25) is 4.90 Å². The van der Waals surface area contributed by atoms with Gasteiger partial charge in [0, 0.05) is 24.4 Å². The van der Waals surface area contributed by atoms with Crippen molar-refractivity contribution in [3.63, 3.8) is 0 Å². The van der Waals surface area contributed by atoms with Crippen LogP contribution in [-0.2, 0) is 0 Å². The Balaban J connectivity index is 1.89. The summed E-state index contributed by atoms with van der Waals surface area (Å²) in [4.78, 5) is 6.08. The van der Waals surface area contributed by atoms with Gasteiger partial charge in [-0.1, -0.05) is 12.1 Å². The summed E-state index contributed by atoms with van der Waals surface area (Å²) >= 11 is 0. The molecule has 1 atom stereocenters. The van der Waals surface area contributed by atoms with Crippen LogP contribution in [0.3, 0.4) is 0 Å². The first-order valence-electron chi connectivity index (χ1n) is 8.96. The summed E-state index contributed by atoms with van der Waals surface area (Å²) in [7, 11) is 1.80. The molecule has 0 aliphatic carbocycles. The Morgan fingerprint density at radius 2 is 1.59 bits per heavy atom. The highest BCUT2D eigenvalue weighted by Gasteiger charge is 2.34. The molecule has 2 aliphatic rings. The Hall–Kier alpha value is -3.13. The van der Waals surface area contributed by atoms with E-state index in [-0.39, 0.29) is 17.1 Å². The second-order valence-corrected chi connectivity index (χ2v) is 7.05. The lowest BCUT2D eigenvalue weighted by Crippen LogP contribution is -2.43. The quantitative estimate of drug-likeness (QED) is 0.757. The SMILES string of the molecule is CN1CC2=C(NC(N)=NC2c2c(F)cccc2F)/C(=C/c2c(F)cccc2F)C1. The molecule has 0 saturated heterocycles. The van der Waals surface area contributed by atoms with Crippen molar-refractivity contribution in [1.82, 2.24) is 10.2 Å². The second-order valence-electron chi connectivity index (χ2n) is 7.05. The average Bonchev–Trinajstić information content (AvgIpc) is 2.65. The third-order valence-corrected chi connectivity index (χ3v) is 4.97. The fraction of sp³-hybridized carbons (Fsp3) is 0.190. The Bertz CT molecular complexity index is 1030. The molecule has 0 amide bonds. The van der Waals surface area contributed by atoms with E-state index in [0.29, 0.717) is 29.9 Å². The summed E-state index contributed by atoms with van der Waals surface area (Å²) in [5.41, 5.74) is 7.07. The van der Waals surface area contributed by atoms with Crippen molar-refractivity contribution in [3.05, 3.63) is 87.6 Å². The molecule has 8 heteroatoms. The molecule has 29 heavy (non-hydrogen) atoms. The number of guanidine groups is 1. The minimum absolute atomic E-state index is 0.0270. The maximum atomic E-state index is 14.4. The number of hydrogen-bond donors (Lipinski definition) is 2. The number of likely N-dealkylation sites (N-methyl/N-ethyl adjacent to an activating group) is 1. The van der Waals surface area contributed by atoms with Gasteiger partial charge in [0.25, 0.3) is 0 Å². The molecule has 0 spiro atoms. The summed E-state index contributed by atoms with van der Waals surface area (Å²) < 4.78 is 57.2. The number of aliphatic imine (C=N–C) groups is 1. The maximum absolute atomic E-state index is 14.4. The summed E-state index contributed by atoms with van der Waals surface area (Å²) in [6.45, 7) is 0.716. The van der Waals surface area contributed by atoms with E-state index in [9.17, 15) is 17.6 Å². The predicted octanol–water partition coefficient (Wildman–Crippen LogP) is 3.49. The van der Waals surface area contributed by atoms with Crippen molar-refractivity contribution < 1.29 is 17.6 Å². The lowest BCUT2D eigenvalue weighted by atomic mass is 9.89.